The van der Waals surface area contributed by atoms with E-state index in [1.807, 2.05) is 42.5 Å². The number of rotatable bonds is 4. The minimum absolute atomic E-state index is 0. The number of fused-ring (bicyclic) bond motifs is 1. The number of nitrogens with two attached hydrogens (primary N) is 1. The van der Waals surface area contributed by atoms with Gasteiger partial charge in [-0.25, -0.2) is 0 Å². The summed E-state index contributed by atoms with van der Waals surface area (Å²) in [7, 11) is 1.61. The molecule has 2 aliphatic rings. The fourth-order valence-electron chi connectivity index (χ4n) is 4.17. The van der Waals surface area contributed by atoms with E-state index in [1.54, 1.807) is 12.0 Å². The smallest absolute Gasteiger partial charge is 0.227 e. The average Bonchev–Trinajstić information content (AvgIpc) is 3.10. The van der Waals surface area contributed by atoms with E-state index in [2.05, 4.69) is 5.32 Å². The molecule has 154 valence electrons. The van der Waals surface area contributed by atoms with E-state index in [4.69, 9.17) is 10.5 Å². The molecule has 6 nitrogen and oxygen atoms in total. The molecule has 7 heteroatoms. The number of amides is 2. The highest BCUT2D eigenvalue weighted by molar-refractivity contribution is 6.00. The van der Waals surface area contributed by atoms with Crippen molar-refractivity contribution in [3.05, 3.63) is 53.6 Å². The molecule has 0 saturated carbocycles. The van der Waals surface area contributed by atoms with Gasteiger partial charge in [-0.1, -0.05) is 6.07 Å². The van der Waals surface area contributed by atoms with Crippen molar-refractivity contribution >= 4 is 35.6 Å². The third-order valence-electron chi connectivity index (χ3n) is 5.68. The summed E-state index contributed by atoms with van der Waals surface area (Å²) in [5.41, 5.74) is 9.79. The summed E-state index contributed by atoms with van der Waals surface area (Å²) < 4.78 is 5.16. The predicted molar refractivity (Wildman–Crippen MR) is 115 cm³/mol. The van der Waals surface area contributed by atoms with Crippen LogP contribution in [0.25, 0.3) is 0 Å². The Balaban J connectivity index is 0.00000240. The Bertz CT molecular complexity index is 901. The second-order valence-electron chi connectivity index (χ2n) is 7.52. The third kappa shape index (κ3) is 4.32. The van der Waals surface area contributed by atoms with Crippen LogP contribution in [0, 0.1) is 5.92 Å². The number of nitrogen functional groups attached to an aromatic ring is 1. The van der Waals surface area contributed by atoms with E-state index in [-0.39, 0.29) is 42.6 Å². The Morgan fingerprint density at radius 1 is 1.21 bits per heavy atom. The number of hydrogen-bond donors (Lipinski definition) is 2. The van der Waals surface area contributed by atoms with Gasteiger partial charge in [0.2, 0.25) is 11.8 Å². The van der Waals surface area contributed by atoms with E-state index >= 15 is 0 Å². The molecule has 2 amide bonds. The van der Waals surface area contributed by atoms with Crippen molar-refractivity contribution in [2.24, 2.45) is 5.92 Å². The molecule has 0 spiro atoms. The molecule has 1 aliphatic carbocycles. The first-order valence-corrected chi connectivity index (χ1v) is 9.68. The Hall–Kier alpha value is -2.73. The molecule has 4 rings (SSSR count). The van der Waals surface area contributed by atoms with Gasteiger partial charge in [0, 0.05) is 24.3 Å². The highest BCUT2D eigenvalue weighted by Crippen LogP contribution is 2.32. The Morgan fingerprint density at radius 2 is 1.97 bits per heavy atom. The highest BCUT2D eigenvalue weighted by Gasteiger charge is 2.36. The second-order valence-corrected chi connectivity index (χ2v) is 7.52. The number of aryl methyl sites for hydroxylation is 1. The van der Waals surface area contributed by atoms with Gasteiger partial charge < -0.3 is 20.7 Å². The number of halogens is 1. The van der Waals surface area contributed by atoms with Crippen molar-refractivity contribution in [1.29, 1.82) is 0 Å². The molecule has 2 unspecified atom stereocenters. The molecule has 0 radical (unpaired) electrons. The molecule has 0 aromatic heterocycles. The molecule has 2 aromatic carbocycles. The Morgan fingerprint density at radius 3 is 2.69 bits per heavy atom. The van der Waals surface area contributed by atoms with Crippen LogP contribution < -0.4 is 20.7 Å². The molecular formula is C22H26ClN3O3. The molecule has 29 heavy (non-hydrogen) atoms. The standard InChI is InChI=1S/C22H25N3O3.ClH/c1-28-18-8-6-17(7-9-18)25-13-15(12-21(25)26)22(27)24-20-4-2-3-14-11-16(23)5-10-19(14)20;/h5-11,15,20H,2-4,12-13,23H2,1H3,(H,24,27);1H. The first-order valence-electron chi connectivity index (χ1n) is 9.68. The van der Waals surface area contributed by atoms with Crippen LogP contribution in [-0.4, -0.2) is 25.5 Å². The maximum atomic E-state index is 12.9. The summed E-state index contributed by atoms with van der Waals surface area (Å²) in [5, 5.41) is 3.17. The van der Waals surface area contributed by atoms with Gasteiger partial charge >= 0.3 is 0 Å². The molecule has 1 heterocycles. The predicted octanol–water partition coefficient (Wildman–Crippen LogP) is 3.25. The van der Waals surface area contributed by atoms with Gasteiger partial charge in [0.1, 0.15) is 5.75 Å². The van der Waals surface area contributed by atoms with Gasteiger partial charge in [0.15, 0.2) is 0 Å². The fourth-order valence-corrected chi connectivity index (χ4v) is 4.17. The number of ether oxygens (including phenoxy) is 1. The molecular weight excluding hydrogens is 390 g/mol. The normalized spacial score (nSPS) is 20.6. The number of carbonyl (C=O) groups excluding carboxylic acids is 2. The quantitative estimate of drug-likeness (QED) is 0.750. The molecule has 0 bridgehead atoms. The summed E-state index contributed by atoms with van der Waals surface area (Å²) in [6, 6.07) is 13.2. The lowest BCUT2D eigenvalue weighted by atomic mass is 9.87. The van der Waals surface area contributed by atoms with Crippen molar-refractivity contribution in [3.63, 3.8) is 0 Å². The van der Waals surface area contributed by atoms with Gasteiger partial charge in [-0.15, -0.1) is 12.4 Å². The number of anilines is 2. The van der Waals surface area contributed by atoms with Gasteiger partial charge in [-0.3, -0.25) is 9.59 Å². The van der Waals surface area contributed by atoms with Crippen LogP contribution in [0.15, 0.2) is 42.5 Å². The minimum Gasteiger partial charge on any atom is -0.497 e. The third-order valence-corrected chi connectivity index (χ3v) is 5.68. The maximum Gasteiger partial charge on any atom is 0.227 e. The molecule has 1 aliphatic heterocycles. The van der Waals surface area contributed by atoms with Crippen molar-refractivity contribution in [3.8, 4) is 5.75 Å². The van der Waals surface area contributed by atoms with Crippen LogP contribution in [0.2, 0.25) is 0 Å². The van der Waals surface area contributed by atoms with Crippen molar-refractivity contribution in [1.82, 2.24) is 5.32 Å². The minimum atomic E-state index is -0.339. The van der Waals surface area contributed by atoms with Gasteiger partial charge in [-0.05, 0) is 66.8 Å². The SMILES string of the molecule is COc1ccc(N2CC(C(=O)NC3CCCc4cc(N)ccc43)CC2=O)cc1.Cl. The zero-order chi connectivity index (χ0) is 19.7. The summed E-state index contributed by atoms with van der Waals surface area (Å²) in [6.07, 6.45) is 3.15. The van der Waals surface area contributed by atoms with Crippen LogP contribution in [0.4, 0.5) is 11.4 Å². The number of hydrogen-bond acceptors (Lipinski definition) is 4. The number of methoxy groups -OCH3 is 1. The molecule has 1 saturated heterocycles. The zero-order valence-electron chi connectivity index (χ0n) is 16.4. The van der Waals surface area contributed by atoms with Crippen LogP contribution in [0.1, 0.15) is 36.4 Å². The van der Waals surface area contributed by atoms with Crippen molar-refractivity contribution < 1.29 is 14.3 Å². The van der Waals surface area contributed by atoms with E-state index in [0.717, 1.165) is 42.0 Å². The van der Waals surface area contributed by atoms with Crippen molar-refractivity contribution in [2.75, 3.05) is 24.3 Å². The van der Waals surface area contributed by atoms with E-state index in [1.165, 1.54) is 5.56 Å². The van der Waals surface area contributed by atoms with Crippen molar-refractivity contribution in [2.45, 2.75) is 31.7 Å². The molecule has 1 fully saturated rings. The van der Waals surface area contributed by atoms with Gasteiger partial charge in [-0.2, -0.15) is 0 Å². The fraction of sp³-hybridized carbons (Fsp3) is 0.364. The monoisotopic (exact) mass is 415 g/mol. The van der Waals surface area contributed by atoms with Gasteiger partial charge in [0.25, 0.3) is 0 Å². The lowest BCUT2D eigenvalue weighted by molar-refractivity contribution is -0.127. The van der Waals surface area contributed by atoms with Crippen LogP contribution in [-0.2, 0) is 16.0 Å². The number of nitrogens with zero attached hydrogens (tertiary/aromatic N) is 1. The topological polar surface area (TPSA) is 84.7 Å². The molecule has 2 atom stereocenters. The Kier molecular flexibility index (Phi) is 6.33. The Labute approximate surface area is 176 Å². The summed E-state index contributed by atoms with van der Waals surface area (Å²) in [6.45, 7) is 0.401. The lowest BCUT2D eigenvalue weighted by Crippen LogP contribution is -2.36. The van der Waals surface area contributed by atoms with E-state index < -0.39 is 0 Å². The number of nitrogens with one attached hydrogen (secondary N) is 1. The van der Waals surface area contributed by atoms with Crippen LogP contribution >= 0.6 is 12.4 Å². The van der Waals surface area contributed by atoms with E-state index in [0.29, 0.717) is 6.54 Å². The van der Waals surface area contributed by atoms with E-state index in [9.17, 15) is 9.59 Å². The van der Waals surface area contributed by atoms with Crippen LogP contribution in [0.3, 0.4) is 0 Å². The summed E-state index contributed by atoms with van der Waals surface area (Å²) >= 11 is 0. The number of carbonyl (C=O) groups is 2. The summed E-state index contributed by atoms with van der Waals surface area (Å²) in [5.74, 6) is 0.316. The maximum absolute atomic E-state index is 12.9. The number of benzene rings is 2. The highest BCUT2D eigenvalue weighted by atomic mass is 35.5. The first kappa shape index (κ1) is 21.0. The zero-order valence-corrected chi connectivity index (χ0v) is 17.2. The first-order chi connectivity index (χ1) is 13.5. The van der Waals surface area contributed by atoms with Crippen LogP contribution in [0.5, 0.6) is 5.75 Å². The largest absolute Gasteiger partial charge is 0.497 e. The average molecular weight is 416 g/mol. The van der Waals surface area contributed by atoms with Gasteiger partial charge in [0.05, 0.1) is 19.1 Å². The molecule has 3 N–H and O–H groups in total. The summed E-state index contributed by atoms with van der Waals surface area (Å²) in [4.78, 5) is 27.0. The molecule has 2 aromatic rings. The lowest BCUT2D eigenvalue weighted by Gasteiger charge is -2.27. The second kappa shape index (κ2) is 8.74.